The van der Waals surface area contributed by atoms with Crippen LogP contribution in [0.2, 0.25) is 0 Å². The van der Waals surface area contributed by atoms with Crippen LogP contribution in [0.15, 0.2) is 0 Å². The minimum Gasteiger partial charge on any atom is -0.394 e. The molecule has 16 heavy (non-hydrogen) atoms. The summed E-state index contributed by atoms with van der Waals surface area (Å²) in [5.74, 6) is 0.0340. The molecule has 5 nitrogen and oxygen atoms in total. The van der Waals surface area contributed by atoms with Crippen molar-refractivity contribution in [3.63, 3.8) is 0 Å². The van der Waals surface area contributed by atoms with Gasteiger partial charge in [-0.25, -0.2) is 0 Å². The molecule has 1 amide bonds. The number of ether oxygens (including phenoxy) is 2. The molecule has 2 atom stereocenters. The number of amides is 1. The zero-order valence-electron chi connectivity index (χ0n) is 9.65. The third-order valence-electron chi connectivity index (χ3n) is 3.30. The maximum Gasteiger partial charge on any atom is 0.254 e. The molecule has 2 saturated heterocycles. The molecule has 0 spiro atoms. The molecule has 0 aromatic heterocycles. The van der Waals surface area contributed by atoms with E-state index < -0.39 is 5.60 Å². The van der Waals surface area contributed by atoms with Crippen LogP contribution in [-0.4, -0.2) is 60.5 Å². The summed E-state index contributed by atoms with van der Waals surface area (Å²) in [4.78, 5) is 14.0. The van der Waals surface area contributed by atoms with E-state index in [9.17, 15) is 4.79 Å². The number of aliphatic hydroxyl groups is 1. The van der Waals surface area contributed by atoms with Gasteiger partial charge in [-0.3, -0.25) is 4.79 Å². The smallest absolute Gasteiger partial charge is 0.254 e. The predicted molar refractivity (Wildman–Crippen MR) is 57.0 cm³/mol. The summed E-state index contributed by atoms with van der Waals surface area (Å²) in [5, 5.41) is 9.03. The van der Waals surface area contributed by atoms with Crippen LogP contribution < -0.4 is 0 Å². The second-order valence-corrected chi connectivity index (χ2v) is 4.61. The van der Waals surface area contributed by atoms with Crippen molar-refractivity contribution < 1.29 is 19.4 Å². The van der Waals surface area contributed by atoms with Gasteiger partial charge in [0.25, 0.3) is 5.91 Å². The van der Waals surface area contributed by atoms with Crippen molar-refractivity contribution in [2.24, 2.45) is 0 Å². The van der Waals surface area contributed by atoms with E-state index in [1.54, 1.807) is 4.90 Å². The molecule has 0 aromatic carbocycles. The molecule has 2 aliphatic heterocycles. The van der Waals surface area contributed by atoms with Gasteiger partial charge in [-0.15, -0.1) is 0 Å². The van der Waals surface area contributed by atoms with Gasteiger partial charge >= 0.3 is 0 Å². The summed E-state index contributed by atoms with van der Waals surface area (Å²) in [5.41, 5.74) is -0.655. The average molecular weight is 229 g/mol. The lowest BCUT2D eigenvalue weighted by molar-refractivity contribution is -0.159. The Morgan fingerprint density at radius 2 is 2.38 bits per heavy atom. The van der Waals surface area contributed by atoms with Gasteiger partial charge in [-0.05, 0) is 19.8 Å². The van der Waals surface area contributed by atoms with Crippen molar-refractivity contribution in [2.75, 3.05) is 32.9 Å². The van der Waals surface area contributed by atoms with Gasteiger partial charge in [0.1, 0.15) is 5.60 Å². The van der Waals surface area contributed by atoms with Crippen molar-refractivity contribution in [1.82, 2.24) is 4.90 Å². The van der Waals surface area contributed by atoms with E-state index in [-0.39, 0.29) is 18.6 Å². The number of nitrogens with zero attached hydrogens (tertiary/aromatic N) is 1. The quantitative estimate of drug-likeness (QED) is 0.711. The standard InChI is InChI=1S/C11H19NO4/c1-11(3-2-5-16-11)10(14)12-4-6-15-9(7-12)8-13/h9,13H,2-8H2,1H3. The monoisotopic (exact) mass is 229 g/mol. The molecule has 0 bridgehead atoms. The van der Waals surface area contributed by atoms with Crippen LogP contribution in [0.3, 0.4) is 0 Å². The number of hydrogen-bond acceptors (Lipinski definition) is 4. The molecule has 0 aliphatic carbocycles. The van der Waals surface area contributed by atoms with E-state index in [2.05, 4.69) is 0 Å². The van der Waals surface area contributed by atoms with E-state index in [1.165, 1.54) is 0 Å². The Morgan fingerprint density at radius 1 is 1.56 bits per heavy atom. The maximum absolute atomic E-state index is 12.2. The van der Waals surface area contributed by atoms with Gasteiger partial charge in [0, 0.05) is 19.7 Å². The van der Waals surface area contributed by atoms with Gasteiger partial charge in [-0.1, -0.05) is 0 Å². The Hall–Kier alpha value is -0.650. The first-order chi connectivity index (χ1) is 7.65. The Labute approximate surface area is 95.3 Å². The topological polar surface area (TPSA) is 59.0 Å². The fourth-order valence-electron chi connectivity index (χ4n) is 2.30. The van der Waals surface area contributed by atoms with Crippen LogP contribution in [0.25, 0.3) is 0 Å². The summed E-state index contributed by atoms with van der Waals surface area (Å²) in [7, 11) is 0. The molecule has 2 fully saturated rings. The van der Waals surface area contributed by atoms with Crippen LogP contribution in [-0.2, 0) is 14.3 Å². The molecular weight excluding hydrogens is 210 g/mol. The Bertz CT molecular complexity index is 263. The fourth-order valence-corrected chi connectivity index (χ4v) is 2.30. The molecule has 2 rings (SSSR count). The zero-order valence-corrected chi connectivity index (χ0v) is 9.65. The second-order valence-electron chi connectivity index (χ2n) is 4.61. The highest BCUT2D eigenvalue weighted by Gasteiger charge is 2.41. The summed E-state index contributed by atoms with van der Waals surface area (Å²) in [6.45, 7) is 4.03. The van der Waals surface area contributed by atoms with Crippen molar-refractivity contribution in [3.05, 3.63) is 0 Å². The third kappa shape index (κ3) is 2.21. The highest BCUT2D eigenvalue weighted by atomic mass is 16.5. The van der Waals surface area contributed by atoms with E-state index in [1.807, 2.05) is 6.92 Å². The van der Waals surface area contributed by atoms with E-state index >= 15 is 0 Å². The average Bonchev–Trinajstić information content (AvgIpc) is 2.76. The maximum atomic E-state index is 12.2. The third-order valence-corrected chi connectivity index (χ3v) is 3.30. The second kappa shape index (κ2) is 4.69. The molecule has 0 aromatic rings. The van der Waals surface area contributed by atoms with E-state index in [4.69, 9.17) is 14.6 Å². The number of rotatable bonds is 2. The minimum atomic E-state index is -0.655. The van der Waals surface area contributed by atoms with E-state index in [0.29, 0.717) is 26.3 Å². The van der Waals surface area contributed by atoms with Gasteiger partial charge in [0.2, 0.25) is 0 Å². The highest BCUT2D eigenvalue weighted by molar-refractivity contribution is 5.85. The lowest BCUT2D eigenvalue weighted by Crippen LogP contribution is -2.53. The Morgan fingerprint density at radius 3 is 3.00 bits per heavy atom. The molecular formula is C11H19NO4. The molecule has 92 valence electrons. The largest absolute Gasteiger partial charge is 0.394 e. The van der Waals surface area contributed by atoms with Crippen LogP contribution >= 0.6 is 0 Å². The Kier molecular flexibility index (Phi) is 3.47. The molecule has 0 saturated carbocycles. The van der Waals surface area contributed by atoms with Crippen LogP contribution in [0.5, 0.6) is 0 Å². The number of aliphatic hydroxyl groups excluding tert-OH is 1. The molecule has 2 unspecified atom stereocenters. The molecule has 0 radical (unpaired) electrons. The molecule has 5 heteroatoms. The predicted octanol–water partition coefficient (Wildman–Crippen LogP) is -0.225. The molecule has 2 aliphatic rings. The minimum absolute atomic E-state index is 0.0340. The van der Waals surface area contributed by atoms with E-state index in [0.717, 1.165) is 12.8 Å². The Balaban J connectivity index is 1.98. The van der Waals surface area contributed by atoms with Gasteiger partial charge in [-0.2, -0.15) is 0 Å². The first-order valence-corrected chi connectivity index (χ1v) is 5.81. The summed E-state index contributed by atoms with van der Waals surface area (Å²) in [6, 6.07) is 0. The van der Waals surface area contributed by atoms with Crippen molar-refractivity contribution >= 4 is 5.91 Å². The molecule has 1 N–H and O–H groups in total. The molecule has 2 heterocycles. The van der Waals surface area contributed by atoms with Gasteiger partial charge in [0.05, 0.1) is 19.3 Å². The zero-order chi connectivity index (χ0) is 11.6. The lowest BCUT2D eigenvalue weighted by Gasteiger charge is -2.36. The van der Waals surface area contributed by atoms with Crippen molar-refractivity contribution in [3.8, 4) is 0 Å². The summed E-state index contributed by atoms with van der Waals surface area (Å²) < 4.78 is 10.8. The lowest BCUT2D eigenvalue weighted by atomic mass is 10.0. The van der Waals surface area contributed by atoms with Crippen molar-refractivity contribution in [2.45, 2.75) is 31.5 Å². The normalized spacial score (nSPS) is 35.4. The summed E-state index contributed by atoms with van der Waals surface area (Å²) in [6.07, 6.45) is 1.48. The van der Waals surface area contributed by atoms with Gasteiger partial charge < -0.3 is 19.5 Å². The number of carbonyl (C=O) groups excluding carboxylic acids is 1. The number of hydrogen-bond donors (Lipinski definition) is 1. The number of morpholine rings is 1. The SMILES string of the molecule is CC1(C(=O)N2CCOC(CO)C2)CCCO1. The van der Waals surface area contributed by atoms with Gasteiger partial charge in [0.15, 0.2) is 0 Å². The number of carbonyl (C=O) groups is 1. The first kappa shape index (κ1) is 11.8. The summed E-state index contributed by atoms with van der Waals surface area (Å²) >= 11 is 0. The van der Waals surface area contributed by atoms with Crippen LogP contribution in [0, 0.1) is 0 Å². The first-order valence-electron chi connectivity index (χ1n) is 5.81. The van der Waals surface area contributed by atoms with Crippen LogP contribution in [0.4, 0.5) is 0 Å². The van der Waals surface area contributed by atoms with Crippen LogP contribution in [0.1, 0.15) is 19.8 Å². The fraction of sp³-hybridized carbons (Fsp3) is 0.909. The van der Waals surface area contributed by atoms with Crippen molar-refractivity contribution in [1.29, 1.82) is 0 Å². The highest BCUT2D eigenvalue weighted by Crippen LogP contribution is 2.27.